The summed E-state index contributed by atoms with van der Waals surface area (Å²) in [5.41, 5.74) is 8.68. The quantitative estimate of drug-likeness (QED) is 0.796. The van der Waals surface area contributed by atoms with E-state index in [1.807, 2.05) is 36.1 Å². The normalized spacial score (nSPS) is 16.8. The monoisotopic (exact) mass is 430 g/mol. The highest BCUT2D eigenvalue weighted by Crippen LogP contribution is 2.25. The molecule has 0 radical (unpaired) electrons. The number of aryl methyl sites for hydroxylation is 1. The Morgan fingerprint density at radius 1 is 1.46 bits per heavy atom. The van der Waals surface area contributed by atoms with Crippen molar-refractivity contribution in [2.75, 3.05) is 13.1 Å². The molecule has 3 rings (SSSR count). The molecule has 0 unspecified atom stereocenters. The van der Waals surface area contributed by atoms with Gasteiger partial charge in [0.1, 0.15) is 12.4 Å². The maximum absolute atomic E-state index is 12.5. The van der Waals surface area contributed by atoms with Gasteiger partial charge in [0.05, 0.1) is 3.79 Å². The number of carbonyl (C=O) groups is 1. The summed E-state index contributed by atoms with van der Waals surface area (Å²) in [6, 6.07) is 7.76. The molecule has 1 aromatic carbocycles. The lowest BCUT2D eigenvalue weighted by Crippen LogP contribution is -2.31. The minimum Gasteiger partial charge on any atom is -0.489 e. The van der Waals surface area contributed by atoms with Gasteiger partial charge in [0.2, 0.25) is 0 Å². The first kappa shape index (κ1) is 19.2. The highest BCUT2D eigenvalue weighted by Gasteiger charge is 2.24. The summed E-state index contributed by atoms with van der Waals surface area (Å²) in [6.07, 6.45) is 0.869. The molecule has 1 amide bonds. The van der Waals surface area contributed by atoms with E-state index in [1.165, 1.54) is 0 Å². The first-order valence-electron chi connectivity index (χ1n) is 7.54. The third-order valence-electron chi connectivity index (χ3n) is 3.96. The van der Waals surface area contributed by atoms with Crippen molar-refractivity contribution in [1.82, 2.24) is 4.90 Å². The van der Waals surface area contributed by atoms with Crippen LogP contribution in [0.2, 0.25) is 0 Å². The lowest BCUT2D eigenvalue weighted by atomic mass is 10.1. The van der Waals surface area contributed by atoms with Crippen molar-refractivity contribution in [2.24, 2.45) is 5.73 Å². The summed E-state index contributed by atoms with van der Waals surface area (Å²) in [5, 5.41) is 2.06. The molecule has 0 bridgehead atoms. The fourth-order valence-electron chi connectivity index (χ4n) is 2.63. The van der Waals surface area contributed by atoms with E-state index in [0.717, 1.165) is 33.6 Å². The van der Waals surface area contributed by atoms with E-state index in [2.05, 4.69) is 21.3 Å². The lowest BCUT2D eigenvalue weighted by molar-refractivity contribution is 0.0790. The molecule has 1 fully saturated rings. The number of amides is 1. The number of hydrogen-bond acceptors (Lipinski definition) is 4. The maximum Gasteiger partial charge on any atom is 0.254 e. The average Bonchev–Trinajstić information content (AvgIpc) is 3.14. The zero-order valence-corrected chi connectivity index (χ0v) is 16.5. The molecule has 130 valence electrons. The van der Waals surface area contributed by atoms with Crippen LogP contribution in [0.5, 0.6) is 5.75 Å². The van der Waals surface area contributed by atoms with Gasteiger partial charge in [-0.05, 0) is 58.4 Å². The highest BCUT2D eigenvalue weighted by molar-refractivity contribution is 9.11. The van der Waals surface area contributed by atoms with Crippen molar-refractivity contribution in [1.29, 1.82) is 0 Å². The third-order valence-corrected chi connectivity index (χ3v) is 5.52. The fraction of sp³-hybridized carbons (Fsp3) is 0.353. The van der Waals surface area contributed by atoms with Crippen LogP contribution in [-0.2, 0) is 6.61 Å². The number of nitrogens with two attached hydrogens (primary N) is 1. The maximum atomic E-state index is 12.5. The summed E-state index contributed by atoms with van der Waals surface area (Å²) in [4.78, 5) is 14.4. The van der Waals surface area contributed by atoms with E-state index in [0.29, 0.717) is 18.7 Å². The molecule has 1 atom stereocenters. The first-order valence-corrected chi connectivity index (χ1v) is 9.21. The number of halogens is 2. The molecular weight excluding hydrogens is 412 g/mol. The number of benzene rings is 1. The van der Waals surface area contributed by atoms with Crippen LogP contribution in [0, 0.1) is 6.92 Å². The molecule has 24 heavy (non-hydrogen) atoms. The Morgan fingerprint density at radius 2 is 2.25 bits per heavy atom. The summed E-state index contributed by atoms with van der Waals surface area (Å²) in [7, 11) is 0. The molecule has 4 nitrogen and oxygen atoms in total. The van der Waals surface area contributed by atoms with E-state index in [4.69, 9.17) is 10.5 Å². The zero-order chi connectivity index (χ0) is 16.4. The standard InChI is InChI=1S/C17H19BrN2O2S.ClH/c1-11-2-3-13(17(21)20-5-4-14(19)8-20)7-15(11)22-9-12-6-16(18)23-10-12;/h2-3,6-7,10,14H,4-5,8-9,19H2,1H3;1H/t14-;/m1./s1. The molecule has 2 heterocycles. The van der Waals surface area contributed by atoms with Crippen LogP contribution in [0.25, 0.3) is 0 Å². The zero-order valence-electron chi connectivity index (χ0n) is 13.3. The molecule has 7 heteroatoms. The summed E-state index contributed by atoms with van der Waals surface area (Å²) >= 11 is 5.08. The van der Waals surface area contributed by atoms with Crippen LogP contribution in [0.4, 0.5) is 0 Å². The van der Waals surface area contributed by atoms with Crippen molar-refractivity contribution in [3.63, 3.8) is 0 Å². The van der Waals surface area contributed by atoms with Crippen LogP contribution >= 0.6 is 39.7 Å². The molecule has 1 saturated heterocycles. The van der Waals surface area contributed by atoms with Gasteiger partial charge in [0.15, 0.2) is 0 Å². The second-order valence-electron chi connectivity index (χ2n) is 5.83. The summed E-state index contributed by atoms with van der Waals surface area (Å²) < 4.78 is 6.99. The third kappa shape index (κ3) is 4.51. The smallest absolute Gasteiger partial charge is 0.254 e. The summed E-state index contributed by atoms with van der Waals surface area (Å²) in [6.45, 7) is 3.84. The predicted molar refractivity (Wildman–Crippen MR) is 103 cm³/mol. The van der Waals surface area contributed by atoms with E-state index in [1.54, 1.807) is 11.3 Å². The van der Waals surface area contributed by atoms with Gasteiger partial charge >= 0.3 is 0 Å². The molecule has 0 saturated carbocycles. The molecule has 2 aromatic rings. The van der Waals surface area contributed by atoms with Gasteiger partial charge in [-0.15, -0.1) is 23.7 Å². The highest BCUT2D eigenvalue weighted by atomic mass is 79.9. The second kappa shape index (κ2) is 8.34. The largest absolute Gasteiger partial charge is 0.489 e. The van der Waals surface area contributed by atoms with Crippen LogP contribution < -0.4 is 10.5 Å². The van der Waals surface area contributed by atoms with Crippen LogP contribution in [0.1, 0.15) is 27.9 Å². The number of rotatable bonds is 4. The van der Waals surface area contributed by atoms with Crippen LogP contribution in [-0.4, -0.2) is 29.9 Å². The Bertz CT molecular complexity index is 722. The molecule has 2 N–H and O–H groups in total. The number of ether oxygens (including phenoxy) is 1. The van der Waals surface area contributed by atoms with Gasteiger partial charge in [-0.3, -0.25) is 4.79 Å². The number of carbonyl (C=O) groups excluding carboxylic acids is 1. The predicted octanol–water partition coefficient (Wildman–Crippen LogP) is 3.99. The minimum absolute atomic E-state index is 0. The van der Waals surface area contributed by atoms with Gasteiger partial charge in [-0.1, -0.05) is 6.07 Å². The second-order valence-corrected chi connectivity index (χ2v) is 8.12. The number of thiophene rings is 1. The summed E-state index contributed by atoms with van der Waals surface area (Å²) in [5.74, 6) is 0.780. The van der Waals surface area contributed by atoms with Gasteiger partial charge in [-0.2, -0.15) is 0 Å². The van der Waals surface area contributed by atoms with Crippen LogP contribution in [0.3, 0.4) is 0 Å². The number of nitrogens with zero attached hydrogens (tertiary/aromatic N) is 1. The molecule has 1 aliphatic heterocycles. The topological polar surface area (TPSA) is 55.6 Å². The van der Waals surface area contributed by atoms with E-state index in [-0.39, 0.29) is 24.4 Å². The Morgan fingerprint density at radius 3 is 2.88 bits per heavy atom. The fourth-order valence-corrected chi connectivity index (χ4v) is 3.82. The number of likely N-dealkylation sites (tertiary alicyclic amines) is 1. The van der Waals surface area contributed by atoms with Crippen molar-refractivity contribution in [2.45, 2.75) is 26.0 Å². The van der Waals surface area contributed by atoms with E-state index in [9.17, 15) is 4.79 Å². The molecule has 1 aliphatic rings. The minimum atomic E-state index is 0. The van der Waals surface area contributed by atoms with Gasteiger partial charge < -0.3 is 15.4 Å². The molecule has 0 spiro atoms. The van der Waals surface area contributed by atoms with Crippen molar-refractivity contribution in [3.05, 3.63) is 50.1 Å². The Kier molecular flexibility index (Phi) is 6.69. The van der Waals surface area contributed by atoms with Crippen molar-refractivity contribution >= 4 is 45.6 Å². The van der Waals surface area contributed by atoms with Crippen LogP contribution in [0.15, 0.2) is 33.4 Å². The van der Waals surface area contributed by atoms with Gasteiger partial charge in [-0.25, -0.2) is 0 Å². The number of hydrogen-bond donors (Lipinski definition) is 1. The van der Waals surface area contributed by atoms with Gasteiger partial charge in [0.25, 0.3) is 5.91 Å². The van der Waals surface area contributed by atoms with Gasteiger partial charge in [0, 0.05) is 30.3 Å². The van der Waals surface area contributed by atoms with Crippen molar-refractivity contribution < 1.29 is 9.53 Å². The van der Waals surface area contributed by atoms with Crippen molar-refractivity contribution in [3.8, 4) is 5.75 Å². The first-order chi connectivity index (χ1) is 11.0. The SMILES string of the molecule is Cc1ccc(C(=O)N2CC[C@@H](N)C2)cc1OCc1csc(Br)c1.Cl. The Hall–Kier alpha value is -1.08. The van der Waals surface area contributed by atoms with E-state index < -0.39 is 0 Å². The Labute approximate surface area is 160 Å². The Balaban J connectivity index is 0.00000208. The molecular formula is C17H20BrClN2O2S. The lowest BCUT2D eigenvalue weighted by Gasteiger charge is -2.17. The van der Waals surface area contributed by atoms with E-state index >= 15 is 0 Å². The average molecular weight is 432 g/mol. The molecule has 1 aromatic heterocycles. The molecule has 0 aliphatic carbocycles.